The van der Waals surface area contributed by atoms with E-state index in [9.17, 15) is 0 Å². The van der Waals surface area contributed by atoms with Crippen molar-refractivity contribution in [1.29, 1.82) is 0 Å². The first-order chi connectivity index (χ1) is 13.2. The molecule has 0 spiro atoms. The van der Waals surface area contributed by atoms with E-state index < -0.39 is 0 Å². The summed E-state index contributed by atoms with van der Waals surface area (Å²) in [6.45, 7) is 12.4. The van der Waals surface area contributed by atoms with Gasteiger partial charge in [-0.2, -0.15) is 0 Å². The summed E-state index contributed by atoms with van der Waals surface area (Å²) in [7, 11) is 0. The molecule has 1 heterocycles. The average Bonchev–Trinajstić information content (AvgIpc) is 2.67. The molecule has 1 aromatic carbocycles. The van der Waals surface area contributed by atoms with Crippen LogP contribution < -0.4 is 10.6 Å². The lowest BCUT2D eigenvalue weighted by atomic mass is 10.0. The van der Waals surface area contributed by atoms with Gasteiger partial charge in [0, 0.05) is 46.1 Å². The summed E-state index contributed by atoms with van der Waals surface area (Å²) in [6, 6.07) is 6.66. The molecule has 0 bridgehead atoms. The first-order valence-corrected chi connectivity index (χ1v) is 10.4. The van der Waals surface area contributed by atoms with Crippen molar-refractivity contribution >= 4 is 29.9 Å². The van der Waals surface area contributed by atoms with Crippen LogP contribution >= 0.6 is 24.0 Å². The Hall–Kier alpha value is -0.860. The molecule has 0 amide bonds. The second-order valence-corrected chi connectivity index (χ2v) is 7.35. The van der Waals surface area contributed by atoms with Crippen LogP contribution in [0.1, 0.15) is 42.9 Å². The summed E-state index contributed by atoms with van der Waals surface area (Å²) in [6.07, 6.45) is 4.22. The van der Waals surface area contributed by atoms with Gasteiger partial charge in [0.15, 0.2) is 5.96 Å². The summed E-state index contributed by atoms with van der Waals surface area (Å²) < 4.78 is 11.2. The Morgan fingerprint density at radius 3 is 2.71 bits per heavy atom. The van der Waals surface area contributed by atoms with E-state index in [-0.39, 0.29) is 24.0 Å². The van der Waals surface area contributed by atoms with Crippen molar-refractivity contribution in [2.75, 3.05) is 46.1 Å². The van der Waals surface area contributed by atoms with Crippen molar-refractivity contribution in [3.05, 3.63) is 34.9 Å². The predicted molar refractivity (Wildman–Crippen MR) is 128 cm³/mol. The van der Waals surface area contributed by atoms with Gasteiger partial charge in [0.25, 0.3) is 0 Å². The van der Waals surface area contributed by atoms with Crippen LogP contribution in [0.25, 0.3) is 0 Å². The van der Waals surface area contributed by atoms with Crippen LogP contribution in [0.3, 0.4) is 0 Å². The molecule has 2 rings (SSSR count). The highest BCUT2D eigenvalue weighted by Gasteiger charge is 2.13. The lowest BCUT2D eigenvalue weighted by Gasteiger charge is -2.21. The van der Waals surface area contributed by atoms with E-state index in [1.54, 1.807) is 0 Å². The second kappa shape index (κ2) is 15.0. The quantitative estimate of drug-likeness (QED) is 0.221. The molecular weight excluding hydrogens is 465 g/mol. The second-order valence-electron chi connectivity index (χ2n) is 7.35. The zero-order chi connectivity index (χ0) is 19.3. The van der Waals surface area contributed by atoms with Gasteiger partial charge in [-0.05, 0) is 63.5 Å². The predicted octanol–water partition coefficient (Wildman–Crippen LogP) is 3.85. The molecule has 1 fully saturated rings. The fraction of sp³-hybridized carbons (Fsp3) is 0.682. The topological polar surface area (TPSA) is 54.9 Å². The Balaban J connectivity index is 0.00000392. The third-order valence-electron chi connectivity index (χ3n) is 4.94. The Labute approximate surface area is 188 Å². The maximum Gasteiger partial charge on any atom is 0.191 e. The van der Waals surface area contributed by atoms with Gasteiger partial charge >= 0.3 is 0 Å². The molecule has 0 radical (unpaired) electrons. The standard InChI is InChI=1S/C22H37N3O2.HI/c1-4-23-22(25-12-8-21-7-6-18(2)16-19(21)3)24-11-5-13-27-17-20-9-14-26-15-10-20;/h6-7,16,20H,4-5,8-15,17H2,1-3H3,(H2,23,24,25);1H. The number of guanidine groups is 1. The first-order valence-electron chi connectivity index (χ1n) is 10.4. The zero-order valence-corrected chi connectivity index (χ0v) is 20.1. The summed E-state index contributed by atoms with van der Waals surface area (Å²) in [5.74, 6) is 1.57. The van der Waals surface area contributed by atoms with Gasteiger partial charge in [0.2, 0.25) is 0 Å². The molecule has 0 aromatic heterocycles. The summed E-state index contributed by atoms with van der Waals surface area (Å²) in [5.41, 5.74) is 4.07. The molecule has 2 N–H and O–H groups in total. The van der Waals surface area contributed by atoms with Crippen molar-refractivity contribution in [3.63, 3.8) is 0 Å². The summed E-state index contributed by atoms with van der Waals surface area (Å²) >= 11 is 0. The Morgan fingerprint density at radius 1 is 1.21 bits per heavy atom. The molecule has 1 aliphatic rings. The largest absolute Gasteiger partial charge is 0.381 e. The van der Waals surface area contributed by atoms with Crippen molar-refractivity contribution in [2.45, 2.75) is 46.5 Å². The number of aliphatic imine (C=N–C) groups is 1. The molecule has 160 valence electrons. The van der Waals surface area contributed by atoms with Crippen molar-refractivity contribution in [1.82, 2.24) is 10.6 Å². The third kappa shape index (κ3) is 10.1. The summed E-state index contributed by atoms with van der Waals surface area (Å²) in [5, 5.41) is 6.76. The molecule has 1 aromatic rings. The van der Waals surface area contributed by atoms with E-state index >= 15 is 0 Å². The average molecular weight is 503 g/mol. The molecular formula is C22H38IN3O2. The SMILES string of the molecule is CCNC(=NCCCOCC1CCOCC1)NCCc1ccc(C)cc1C.I. The highest BCUT2D eigenvalue weighted by Crippen LogP contribution is 2.14. The van der Waals surface area contributed by atoms with Crippen molar-refractivity contribution < 1.29 is 9.47 Å². The molecule has 28 heavy (non-hydrogen) atoms. The molecule has 0 unspecified atom stereocenters. The molecule has 1 aliphatic heterocycles. The maximum absolute atomic E-state index is 5.81. The van der Waals surface area contributed by atoms with Crippen molar-refractivity contribution in [2.24, 2.45) is 10.9 Å². The summed E-state index contributed by atoms with van der Waals surface area (Å²) in [4.78, 5) is 4.66. The van der Waals surface area contributed by atoms with Crippen LogP contribution in [0.15, 0.2) is 23.2 Å². The lowest BCUT2D eigenvalue weighted by molar-refractivity contribution is 0.0205. The Bertz CT molecular complexity index is 575. The number of halogens is 1. The Kier molecular flexibility index (Phi) is 13.5. The van der Waals surface area contributed by atoms with Crippen LogP contribution in [-0.4, -0.2) is 52.0 Å². The normalized spacial score (nSPS) is 15.2. The smallest absolute Gasteiger partial charge is 0.191 e. The highest BCUT2D eigenvalue weighted by molar-refractivity contribution is 14.0. The van der Waals surface area contributed by atoms with E-state index in [2.05, 4.69) is 54.6 Å². The Morgan fingerprint density at radius 2 is 2.00 bits per heavy atom. The molecule has 6 heteroatoms. The molecule has 0 aliphatic carbocycles. The molecule has 1 saturated heterocycles. The van der Waals surface area contributed by atoms with Crippen LogP contribution in [0.2, 0.25) is 0 Å². The fourth-order valence-electron chi connectivity index (χ4n) is 3.30. The van der Waals surface area contributed by atoms with Crippen LogP contribution in [-0.2, 0) is 15.9 Å². The van der Waals surface area contributed by atoms with Gasteiger partial charge in [-0.15, -0.1) is 24.0 Å². The number of rotatable bonds is 10. The van der Waals surface area contributed by atoms with E-state index in [1.165, 1.54) is 16.7 Å². The minimum absolute atomic E-state index is 0. The van der Waals surface area contributed by atoms with Gasteiger partial charge in [-0.25, -0.2) is 0 Å². The van der Waals surface area contributed by atoms with Crippen LogP contribution in [0, 0.1) is 19.8 Å². The van der Waals surface area contributed by atoms with Crippen molar-refractivity contribution in [3.8, 4) is 0 Å². The number of benzene rings is 1. The van der Waals surface area contributed by atoms with Gasteiger partial charge in [0.1, 0.15) is 0 Å². The lowest BCUT2D eigenvalue weighted by Crippen LogP contribution is -2.38. The van der Waals surface area contributed by atoms with Gasteiger partial charge in [-0.3, -0.25) is 4.99 Å². The van der Waals surface area contributed by atoms with Gasteiger partial charge in [-0.1, -0.05) is 23.8 Å². The van der Waals surface area contributed by atoms with Crippen LogP contribution in [0.4, 0.5) is 0 Å². The minimum atomic E-state index is 0. The fourth-order valence-corrected chi connectivity index (χ4v) is 3.30. The number of aryl methyl sites for hydroxylation is 2. The number of nitrogens with one attached hydrogen (secondary N) is 2. The maximum atomic E-state index is 5.81. The van der Waals surface area contributed by atoms with E-state index in [0.717, 1.165) is 77.7 Å². The molecule has 0 atom stereocenters. The number of hydrogen-bond donors (Lipinski definition) is 2. The number of hydrogen-bond acceptors (Lipinski definition) is 3. The highest BCUT2D eigenvalue weighted by atomic mass is 127. The zero-order valence-electron chi connectivity index (χ0n) is 17.8. The minimum Gasteiger partial charge on any atom is -0.381 e. The van der Waals surface area contributed by atoms with E-state index in [4.69, 9.17) is 9.47 Å². The molecule has 5 nitrogen and oxygen atoms in total. The first kappa shape index (κ1) is 25.2. The van der Waals surface area contributed by atoms with Gasteiger partial charge < -0.3 is 20.1 Å². The van der Waals surface area contributed by atoms with Crippen LogP contribution in [0.5, 0.6) is 0 Å². The molecule has 0 saturated carbocycles. The van der Waals surface area contributed by atoms with E-state index in [0.29, 0.717) is 5.92 Å². The van der Waals surface area contributed by atoms with Gasteiger partial charge in [0.05, 0.1) is 0 Å². The number of ether oxygens (including phenoxy) is 2. The third-order valence-corrected chi connectivity index (χ3v) is 4.94. The monoisotopic (exact) mass is 503 g/mol. The number of nitrogens with zero attached hydrogens (tertiary/aromatic N) is 1. The van der Waals surface area contributed by atoms with E-state index in [1.807, 2.05) is 0 Å².